The molecule has 0 radical (unpaired) electrons. The summed E-state index contributed by atoms with van der Waals surface area (Å²) in [6.45, 7) is 0.990. The fourth-order valence-corrected chi connectivity index (χ4v) is 5.34. The molecule has 2 aliphatic heterocycles. The van der Waals surface area contributed by atoms with Crippen LogP contribution >= 0.6 is 13.5 Å². The summed E-state index contributed by atoms with van der Waals surface area (Å²) < 4.78 is 23.0. The zero-order chi connectivity index (χ0) is 29.2. The van der Waals surface area contributed by atoms with Crippen molar-refractivity contribution in [2.45, 2.75) is 118 Å². The molecule has 0 aromatic heterocycles. The molecule has 3 rings (SSSR count). The number of ether oxygens (including phenoxy) is 4. The average molecular weight is 603 g/mol. The second-order valence-corrected chi connectivity index (χ2v) is 10.7. The van der Waals surface area contributed by atoms with Crippen molar-refractivity contribution in [3.8, 4) is 0 Å². The van der Waals surface area contributed by atoms with Gasteiger partial charge in [-0.15, -0.1) is 0 Å². The van der Waals surface area contributed by atoms with Gasteiger partial charge < -0.3 is 77.6 Å². The Hall–Kier alpha value is -0.580. The number of aliphatic hydroxyl groups is 7. The number of hydrogen-bond donors (Lipinski definition) is 11. The van der Waals surface area contributed by atoms with E-state index in [1.807, 2.05) is 0 Å². The van der Waals surface area contributed by atoms with Crippen LogP contribution in [0.3, 0.4) is 0 Å². The molecule has 1 aliphatic carbocycles. The van der Waals surface area contributed by atoms with Crippen molar-refractivity contribution < 1.29 is 59.5 Å². The van der Waals surface area contributed by atoms with Crippen LogP contribution in [0.5, 0.6) is 0 Å². The molecule has 3 aliphatic rings. The minimum Gasteiger partial charge on any atom is -0.394 e. The lowest BCUT2D eigenvalue weighted by atomic mass is 9.76. The molecule has 0 spiro atoms. The maximum absolute atomic E-state index is 12.5. The molecule has 0 aromatic carbocycles. The van der Waals surface area contributed by atoms with E-state index in [-0.39, 0.29) is 39.3 Å². The molecule has 2 saturated heterocycles. The molecule has 0 amide bonds. The first-order valence-corrected chi connectivity index (χ1v) is 13.1. The summed E-state index contributed by atoms with van der Waals surface area (Å²) in [4.78, 5) is 12.5. The van der Waals surface area contributed by atoms with E-state index >= 15 is 0 Å². The second kappa shape index (κ2) is 15.2. The molecule has 3 fully saturated rings. The molecule has 2 heterocycles. The first-order chi connectivity index (χ1) is 18.3. The SMILES string of the molecule is C[C@H](N)[C@H]1O[C@@H](O[C@@H]2C(O)[C@H](CC(=O)[C@@H](O)CCN)CC(N)[C@H]2O[C@H]2OC(CO)[C@@H](O)[C@H](O)C2N)C(O)[C@H]1O.S. The Bertz CT molecular complexity index is 803. The molecule has 16 atom stereocenters. The second-order valence-electron chi connectivity index (χ2n) is 10.7. The van der Waals surface area contributed by atoms with Gasteiger partial charge in [0.1, 0.15) is 54.9 Å². The molecule has 16 nitrogen and oxygen atoms in total. The van der Waals surface area contributed by atoms with E-state index in [0.29, 0.717) is 0 Å². The third-order valence-electron chi connectivity index (χ3n) is 7.70. The Morgan fingerprint density at radius 2 is 1.57 bits per heavy atom. The van der Waals surface area contributed by atoms with Gasteiger partial charge in [-0.3, -0.25) is 4.79 Å². The monoisotopic (exact) mass is 602 g/mol. The van der Waals surface area contributed by atoms with Crippen LogP contribution in [0.4, 0.5) is 0 Å². The number of carbonyl (C=O) groups is 1. The van der Waals surface area contributed by atoms with Gasteiger partial charge in [0.25, 0.3) is 0 Å². The predicted octanol–water partition coefficient (Wildman–Crippen LogP) is -6.19. The topological polar surface area (TPSA) is 300 Å². The van der Waals surface area contributed by atoms with Crippen molar-refractivity contribution >= 4 is 19.3 Å². The minimum atomic E-state index is -1.55. The Morgan fingerprint density at radius 1 is 0.950 bits per heavy atom. The van der Waals surface area contributed by atoms with Crippen molar-refractivity contribution in [3.05, 3.63) is 0 Å². The number of aliphatic hydroxyl groups excluding tert-OH is 7. The Kier molecular flexibility index (Phi) is 13.6. The van der Waals surface area contributed by atoms with Gasteiger partial charge in [0.05, 0.1) is 18.8 Å². The van der Waals surface area contributed by atoms with Crippen molar-refractivity contribution in [2.75, 3.05) is 13.2 Å². The summed E-state index contributed by atoms with van der Waals surface area (Å²) in [7, 11) is 0. The van der Waals surface area contributed by atoms with Gasteiger partial charge in [-0.05, 0) is 32.2 Å². The lowest BCUT2D eigenvalue weighted by Crippen LogP contribution is -2.66. The van der Waals surface area contributed by atoms with Crippen molar-refractivity contribution in [2.24, 2.45) is 28.9 Å². The summed E-state index contributed by atoms with van der Waals surface area (Å²) in [6.07, 6.45) is -16.6. The van der Waals surface area contributed by atoms with E-state index in [1.54, 1.807) is 6.92 Å². The number of nitrogens with two attached hydrogens (primary N) is 4. The zero-order valence-electron chi connectivity index (χ0n) is 22.3. The number of ketones is 1. The van der Waals surface area contributed by atoms with Crippen LogP contribution in [0, 0.1) is 5.92 Å². The highest BCUT2D eigenvalue weighted by Gasteiger charge is 2.53. The Balaban J connectivity index is 0.00000560. The summed E-state index contributed by atoms with van der Waals surface area (Å²) >= 11 is 0. The van der Waals surface area contributed by atoms with Crippen molar-refractivity contribution in [3.63, 3.8) is 0 Å². The standard InChI is InChI=1S/C23H44N4O12.H2S/c1-7(25)19-17(34)18(35)23(37-19)39-21-14(31)8(5-11(30)10(29)2-3-24)4-9(26)20(21)38-22-13(27)16(33)15(32)12(6-28)36-22;/h7-10,12-23,28-29,31-35H,2-6,24-27H2,1H3;1H2/t7-,8-,9?,10-,12?,13?,14?,15+,16+,17+,18?,19+,20+,21+,22+,23-;/m0./s1. The third kappa shape index (κ3) is 7.67. The fraction of sp³-hybridized carbons (Fsp3) is 0.957. The van der Waals surface area contributed by atoms with E-state index in [2.05, 4.69) is 0 Å². The lowest BCUT2D eigenvalue weighted by molar-refractivity contribution is -0.312. The highest BCUT2D eigenvalue weighted by Crippen LogP contribution is 2.36. The number of carbonyl (C=O) groups excluding carboxylic acids is 1. The van der Waals surface area contributed by atoms with Crippen LogP contribution in [-0.4, -0.2) is 146 Å². The molecule has 5 unspecified atom stereocenters. The van der Waals surface area contributed by atoms with E-state index in [9.17, 15) is 40.5 Å². The lowest BCUT2D eigenvalue weighted by Gasteiger charge is -2.47. The van der Waals surface area contributed by atoms with Crippen LogP contribution in [-0.2, 0) is 23.7 Å². The molecule has 1 saturated carbocycles. The summed E-state index contributed by atoms with van der Waals surface area (Å²) in [5.41, 5.74) is 23.6. The Labute approximate surface area is 238 Å². The number of rotatable bonds is 11. The number of hydrogen-bond acceptors (Lipinski definition) is 16. The first kappa shape index (κ1) is 35.6. The summed E-state index contributed by atoms with van der Waals surface area (Å²) in [5, 5.41) is 72.2. The number of Topliss-reactive ketones (excluding diaryl/α,β-unsaturated/α-hetero) is 1. The van der Waals surface area contributed by atoms with E-state index in [4.69, 9.17) is 41.9 Å². The maximum atomic E-state index is 12.5. The van der Waals surface area contributed by atoms with Gasteiger partial charge >= 0.3 is 0 Å². The van der Waals surface area contributed by atoms with Gasteiger partial charge in [0.2, 0.25) is 0 Å². The van der Waals surface area contributed by atoms with E-state index < -0.39 is 110 Å². The zero-order valence-corrected chi connectivity index (χ0v) is 23.3. The largest absolute Gasteiger partial charge is 0.394 e. The summed E-state index contributed by atoms with van der Waals surface area (Å²) in [5.74, 6) is -1.36. The smallest absolute Gasteiger partial charge is 0.187 e. The predicted molar refractivity (Wildman–Crippen MR) is 142 cm³/mol. The summed E-state index contributed by atoms with van der Waals surface area (Å²) in [6, 6.07) is -2.89. The first-order valence-electron chi connectivity index (χ1n) is 13.1. The molecule has 17 heteroatoms. The molecular formula is C23H46N4O12S. The molecule has 15 N–H and O–H groups in total. The van der Waals surface area contributed by atoms with Gasteiger partial charge in [0.15, 0.2) is 18.4 Å². The Morgan fingerprint density at radius 3 is 2.12 bits per heavy atom. The van der Waals surface area contributed by atoms with Crippen LogP contribution in [0.2, 0.25) is 0 Å². The van der Waals surface area contributed by atoms with Gasteiger partial charge in [-0.25, -0.2) is 0 Å². The quantitative estimate of drug-likeness (QED) is 0.105. The van der Waals surface area contributed by atoms with Gasteiger partial charge in [-0.1, -0.05) is 0 Å². The van der Waals surface area contributed by atoms with Gasteiger partial charge in [0, 0.05) is 18.5 Å². The third-order valence-corrected chi connectivity index (χ3v) is 7.70. The molecule has 0 aromatic rings. The van der Waals surface area contributed by atoms with Crippen LogP contribution in [0.1, 0.15) is 26.2 Å². The van der Waals surface area contributed by atoms with Gasteiger partial charge in [-0.2, -0.15) is 13.5 Å². The molecule has 40 heavy (non-hydrogen) atoms. The van der Waals surface area contributed by atoms with Crippen LogP contribution in [0.25, 0.3) is 0 Å². The van der Waals surface area contributed by atoms with Crippen LogP contribution in [0.15, 0.2) is 0 Å². The average Bonchev–Trinajstić information content (AvgIpc) is 3.17. The highest BCUT2D eigenvalue weighted by atomic mass is 32.1. The van der Waals surface area contributed by atoms with Crippen LogP contribution < -0.4 is 22.9 Å². The molecular weight excluding hydrogens is 556 g/mol. The normalized spacial score (nSPS) is 45.5. The minimum absolute atomic E-state index is 0. The van der Waals surface area contributed by atoms with E-state index in [0.717, 1.165) is 0 Å². The highest BCUT2D eigenvalue weighted by molar-refractivity contribution is 7.59. The fourth-order valence-electron chi connectivity index (χ4n) is 5.34. The molecule has 236 valence electrons. The maximum Gasteiger partial charge on any atom is 0.187 e. The molecule has 0 bridgehead atoms. The van der Waals surface area contributed by atoms with Crippen molar-refractivity contribution in [1.82, 2.24) is 0 Å². The van der Waals surface area contributed by atoms with E-state index in [1.165, 1.54) is 0 Å². The van der Waals surface area contributed by atoms with Crippen molar-refractivity contribution in [1.29, 1.82) is 0 Å².